The molecule has 0 aromatic heterocycles. The molecule has 0 fully saturated rings. The van der Waals surface area contributed by atoms with Crippen molar-refractivity contribution in [2.45, 2.75) is 0 Å². The van der Waals surface area contributed by atoms with Crippen LogP contribution in [0.25, 0.3) is 6.08 Å². The monoisotopic (exact) mass is 279 g/mol. The maximum Gasteiger partial charge on any atom is 0.208 e. The molecule has 2 N–H and O–H groups in total. The maximum absolute atomic E-state index is 12.0. The molecule has 0 saturated carbocycles. The van der Waals surface area contributed by atoms with Crippen LogP contribution in [0.4, 0.5) is 0 Å². The van der Waals surface area contributed by atoms with Crippen LogP contribution >= 0.6 is 0 Å². The van der Waals surface area contributed by atoms with Gasteiger partial charge in [-0.3, -0.25) is 4.79 Å². The van der Waals surface area contributed by atoms with Gasteiger partial charge in [0.1, 0.15) is 5.75 Å². The summed E-state index contributed by atoms with van der Waals surface area (Å²) in [5.74, 6) is 0.636. The van der Waals surface area contributed by atoms with E-state index in [4.69, 9.17) is 10.5 Å². The van der Waals surface area contributed by atoms with E-state index in [1.54, 1.807) is 31.4 Å². The average Bonchev–Trinajstić information content (AvgIpc) is 2.55. The van der Waals surface area contributed by atoms with Crippen molar-refractivity contribution in [1.82, 2.24) is 0 Å². The molecule has 0 aliphatic rings. The summed E-state index contributed by atoms with van der Waals surface area (Å²) in [5.41, 5.74) is 7.61. The predicted molar refractivity (Wildman–Crippen MR) is 85.1 cm³/mol. The number of hydrogen-bond acceptors (Lipinski definition) is 3. The molecule has 0 bridgehead atoms. The van der Waals surface area contributed by atoms with E-state index in [1.807, 2.05) is 48.5 Å². The molecule has 106 valence electrons. The van der Waals surface area contributed by atoms with Crippen molar-refractivity contribution >= 4 is 11.9 Å². The molecule has 0 aliphatic heterocycles. The zero-order valence-electron chi connectivity index (χ0n) is 11.8. The number of Topliss-reactive ketones (excluding diaryl/α,β-unsaturated/α-hetero) is 1. The molecule has 21 heavy (non-hydrogen) atoms. The van der Waals surface area contributed by atoms with Gasteiger partial charge in [0.05, 0.1) is 12.8 Å². The van der Waals surface area contributed by atoms with Crippen molar-refractivity contribution in [1.29, 1.82) is 0 Å². The molecule has 3 heteroatoms. The summed E-state index contributed by atoms with van der Waals surface area (Å²) < 4.78 is 5.09. The summed E-state index contributed by atoms with van der Waals surface area (Å²) in [5, 5.41) is 0. The van der Waals surface area contributed by atoms with Gasteiger partial charge in [-0.05, 0) is 23.8 Å². The Morgan fingerprint density at radius 1 is 1.05 bits per heavy atom. The summed E-state index contributed by atoms with van der Waals surface area (Å²) in [4.78, 5) is 12.0. The van der Waals surface area contributed by atoms with Crippen molar-refractivity contribution in [3.63, 3.8) is 0 Å². The molecule has 2 rings (SSSR count). The highest BCUT2D eigenvalue weighted by Crippen LogP contribution is 2.12. The van der Waals surface area contributed by atoms with Gasteiger partial charge in [0.25, 0.3) is 0 Å². The Morgan fingerprint density at radius 2 is 1.71 bits per heavy atom. The summed E-state index contributed by atoms with van der Waals surface area (Å²) in [6.45, 7) is 0. The standard InChI is InChI=1S/C18H17NO2/c1-21-16-12-10-14(11-13-16)6-5-9-17(19)18(20)15-7-3-2-4-8-15/h2-13H,19H2,1H3/b6-5+,17-9-. The van der Waals surface area contributed by atoms with Gasteiger partial charge in [-0.2, -0.15) is 0 Å². The number of benzene rings is 2. The second kappa shape index (κ2) is 7.10. The summed E-state index contributed by atoms with van der Waals surface area (Å²) >= 11 is 0. The summed E-state index contributed by atoms with van der Waals surface area (Å²) in [6, 6.07) is 16.6. The Morgan fingerprint density at radius 3 is 2.33 bits per heavy atom. The molecule has 0 spiro atoms. The molecule has 0 atom stereocenters. The maximum atomic E-state index is 12.0. The van der Waals surface area contributed by atoms with Gasteiger partial charge in [0.2, 0.25) is 5.78 Å². The van der Waals surface area contributed by atoms with E-state index in [1.165, 1.54) is 0 Å². The number of methoxy groups -OCH3 is 1. The molecule has 3 nitrogen and oxygen atoms in total. The van der Waals surface area contributed by atoms with Crippen LogP contribution in [0.2, 0.25) is 0 Å². The Balaban J connectivity index is 2.05. The predicted octanol–water partition coefficient (Wildman–Crippen LogP) is 3.43. The van der Waals surface area contributed by atoms with Gasteiger partial charge in [-0.1, -0.05) is 54.6 Å². The highest BCUT2D eigenvalue weighted by atomic mass is 16.5. The molecule has 0 aliphatic carbocycles. The van der Waals surface area contributed by atoms with E-state index in [2.05, 4.69) is 0 Å². The lowest BCUT2D eigenvalue weighted by atomic mass is 10.1. The second-order valence-electron chi connectivity index (χ2n) is 4.45. The Bertz CT molecular complexity index is 655. The van der Waals surface area contributed by atoms with Crippen molar-refractivity contribution in [3.8, 4) is 5.75 Å². The quantitative estimate of drug-likeness (QED) is 0.518. The number of rotatable bonds is 5. The number of allylic oxidation sites excluding steroid dienone is 3. The fourth-order valence-electron chi connectivity index (χ4n) is 1.81. The minimum Gasteiger partial charge on any atom is -0.497 e. The number of nitrogens with two attached hydrogens (primary N) is 1. The molecule has 2 aromatic rings. The van der Waals surface area contributed by atoms with Gasteiger partial charge >= 0.3 is 0 Å². The average molecular weight is 279 g/mol. The van der Waals surface area contributed by atoms with Gasteiger partial charge in [-0.15, -0.1) is 0 Å². The van der Waals surface area contributed by atoms with Crippen molar-refractivity contribution in [2.24, 2.45) is 5.73 Å². The number of carbonyl (C=O) groups is 1. The first-order valence-corrected chi connectivity index (χ1v) is 6.58. The zero-order chi connectivity index (χ0) is 15.1. The van der Waals surface area contributed by atoms with Crippen molar-refractivity contribution in [2.75, 3.05) is 7.11 Å². The Hall–Kier alpha value is -2.81. The zero-order valence-corrected chi connectivity index (χ0v) is 11.8. The summed E-state index contributed by atoms with van der Waals surface area (Å²) in [7, 11) is 1.63. The topological polar surface area (TPSA) is 52.3 Å². The van der Waals surface area contributed by atoms with Crippen LogP contribution in [0.15, 0.2) is 72.4 Å². The van der Waals surface area contributed by atoms with Crippen LogP contribution in [0.5, 0.6) is 5.75 Å². The van der Waals surface area contributed by atoms with Gasteiger partial charge in [0.15, 0.2) is 0 Å². The third kappa shape index (κ3) is 4.08. The van der Waals surface area contributed by atoms with Gasteiger partial charge in [-0.25, -0.2) is 0 Å². The summed E-state index contributed by atoms with van der Waals surface area (Å²) in [6.07, 6.45) is 5.25. The lowest BCUT2D eigenvalue weighted by Crippen LogP contribution is -2.10. The largest absolute Gasteiger partial charge is 0.497 e. The van der Waals surface area contributed by atoms with E-state index in [0.29, 0.717) is 5.56 Å². The van der Waals surface area contributed by atoms with E-state index < -0.39 is 0 Å². The molecule has 0 unspecified atom stereocenters. The first-order chi connectivity index (χ1) is 10.2. The fraction of sp³-hybridized carbons (Fsp3) is 0.0556. The van der Waals surface area contributed by atoms with E-state index in [0.717, 1.165) is 11.3 Å². The van der Waals surface area contributed by atoms with Crippen LogP contribution in [-0.4, -0.2) is 12.9 Å². The van der Waals surface area contributed by atoms with E-state index >= 15 is 0 Å². The Labute approximate surface area is 124 Å². The fourth-order valence-corrected chi connectivity index (χ4v) is 1.81. The Kier molecular flexibility index (Phi) is 4.94. The molecule has 0 amide bonds. The first-order valence-electron chi connectivity index (χ1n) is 6.58. The molecule has 0 radical (unpaired) electrons. The highest BCUT2D eigenvalue weighted by Gasteiger charge is 2.06. The molecule has 0 heterocycles. The smallest absolute Gasteiger partial charge is 0.208 e. The normalized spacial score (nSPS) is 11.6. The lowest BCUT2D eigenvalue weighted by molar-refractivity contribution is 0.103. The van der Waals surface area contributed by atoms with Gasteiger partial charge in [0, 0.05) is 5.56 Å². The van der Waals surface area contributed by atoms with Crippen LogP contribution in [-0.2, 0) is 0 Å². The molecule has 0 saturated heterocycles. The second-order valence-corrected chi connectivity index (χ2v) is 4.45. The minimum absolute atomic E-state index is 0.171. The van der Waals surface area contributed by atoms with Crippen molar-refractivity contribution in [3.05, 3.63) is 83.6 Å². The van der Waals surface area contributed by atoms with Crippen LogP contribution < -0.4 is 10.5 Å². The van der Waals surface area contributed by atoms with Crippen LogP contribution in [0.1, 0.15) is 15.9 Å². The molecule has 2 aromatic carbocycles. The number of hydrogen-bond donors (Lipinski definition) is 1. The third-order valence-corrected chi connectivity index (χ3v) is 2.98. The molecular weight excluding hydrogens is 262 g/mol. The van der Waals surface area contributed by atoms with Crippen LogP contribution in [0, 0.1) is 0 Å². The number of ketones is 1. The highest BCUT2D eigenvalue weighted by molar-refractivity contribution is 6.08. The van der Waals surface area contributed by atoms with Gasteiger partial charge < -0.3 is 10.5 Å². The third-order valence-electron chi connectivity index (χ3n) is 2.98. The SMILES string of the molecule is COc1ccc(/C=C/C=C(\N)C(=O)c2ccccc2)cc1. The number of carbonyl (C=O) groups excluding carboxylic acids is 1. The number of ether oxygens (including phenoxy) is 1. The van der Waals surface area contributed by atoms with E-state index in [-0.39, 0.29) is 11.5 Å². The van der Waals surface area contributed by atoms with Crippen LogP contribution in [0.3, 0.4) is 0 Å². The van der Waals surface area contributed by atoms with E-state index in [9.17, 15) is 4.79 Å². The van der Waals surface area contributed by atoms with Crippen molar-refractivity contribution < 1.29 is 9.53 Å². The first kappa shape index (κ1) is 14.6. The molecular formula is C18H17NO2. The lowest BCUT2D eigenvalue weighted by Gasteiger charge is -2.00. The minimum atomic E-state index is -0.171.